The van der Waals surface area contributed by atoms with E-state index in [9.17, 15) is 13.8 Å². The van der Waals surface area contributed by atoms with Crippen molar-refractivity contribution in [1.82, 2.24) is 0 Å². The van der Waals surface area contributed by atoms with Crippen molar-refractivity contribution in [2.24, 2.45) is 4.36 Å². The number of hydrogen-bond acceptors (Lipinski definition) is 3. The highest BCUT2D eigenvalue weighted by atomic mass is 32.2. The van der Waals surface area contributed by atoms with Crippen LogP contribution >= 0.6 is 0 Å². The van der Waals surface area contributed by atoms with Gasteiger partial charge in [0.05, 0.1) is 0 Å². The number of fused-ring (bicyclic) bond motifs is 1. The number of benzene rings is 1. The monoisotopic (exact) mass is 280 g/mol. The second kappa shape index (κ2) is 5.13. The number of carbonyl (C=O) groups excluding carboxylic acids is 2. The fraction of sp³-hybridized carbons (Fsp3) is 0.385. The third-order valence-electron chi connectivity index (χ3n) is 2.85. The molecule has 1 aliphatic rings. The maximum absolute atomic E-state index is 11.6. The second-order valence-corrected chi connectivity index (χ2v) is 7.41. The predicted octanol–water partition coefficient (Wildman–Crippen LogP) is 1.37. The molecule has 1 aromatic carbocycles. The van der Waals surface area contributed by atoms with E-state index in [0.717, 1.165) is 19.3 Å². The van der Waals surface area contributed by atoms with Crippen LogP contribution in [0.5, 0.6) is 0 Å². The Hall–Kier alpha value is -1.69. The Bertz CT molecular complexity index is 650. The number of amides is 2. The maximum atomic E-state index is 11.6. The van der Waals surface area contributed by atoms with Crippen molar-refractivity contribution in [1.29, 1.82) is 0 Å². The quantitative estimate of drug-likeness (QED) is 0.789. The van der Waals surface area contributed by atoms with Crippen molar-refractivity contribution in [3.05, 3.63) is 29.3 Å². The molecule has 1 aromatic rings. The van der Waals surface area contributed by atoms with Crippen LogP contribution in [0.4, 0.5) is 5.69 Å². The number of nitrogens with zero attached hydrogens (tertiary/aromatic N) is 1. The minimum atomic E-state index is -2.61. The van der Waals surface area contributed by atoms with Crippen LogP contribution in [0.1, 0.15) is 17.5 Å². The normalized spacial score (nSPS) is 13.8. The molecule has 0 heterocycles. The van der Waals surface area contributed by atoms with Crippen LogP contribution in [0.15, 0.2) is 22.6 Å². The molecule has 0 saturated heterocycles. The zero-order valence-electron chi connectivity index (χ0n) is 10.9. The molecule has 0 saturated carbocycles. The third kappa shape index (κ3) is 3.64. The summed E-state index contributed by atoms with van der Waals surface area (Å²) in [5.41, 5.74) is 3.07. The van der Waals surface area contributed by atoms with Crippen LogP contribution in [0.25, 0.3) is 0 Å². The lowest BCUT2D eigenvalue weighted by Crippen LogP contribution is -2.22. The minimum absolute atomic E-state index is 0.577. The largest absolute Gasteiger partial charge is 0.343 e. The number of hydrogen-bond donors (Lipinski definition) is 1. The van der Waals surface area contributed by atoms with Gasteiger partial charge in [-0.05, 0) is 42.5 Å². The Morgan fingerprint density at radius 2 is 1.89 bits per heavy atom. The molecule has 5 nitrogen and oxygen atoms in total. The van der Waals surface area contributed by atoms with Gasteiger partial charge >= 0.3 is 11.8 Å². The smallest absolute Gasteiger partial charge is 0.318 e. The number of rotatable bonds is 1. The number of anilines is 1. The fourth-order valence-electron chi connectivity index (χ4n) is 2.08. The molecule has 102 valence electrons. The molecule has 2 amide bonds. The van der Waals surface area contributed by atoms with Crippen LogP contribution in [0, 0.1) is 0 Å². The molecular formula is C13H16N2O3S. The van der Waals surface area contributed by atoms with Gasteiger partial charge in [0.2, 0.25) is 0 Å². The van der Waals surface area contributed by atoms with Crippen molar-refractivity contribution in [2.75, 3.05) is 17.8 Å². The highest BCUT2D eigenvalue weighted by Gasteiger charge is 2.16. The molecule has 19 heavy (non-hydrogen) atoms. The number of aryl methyl sites for hydroxylation is 2. The van der Waals surface area contributed by atoms with Gasteiger partial charge in [-0.3, -0.25) is 9.59 Å². The van der Waals surface area contributed by atoms with Gasteiger partial charge in [-0.25, -0.2) is 4.21 Å². The van der Waals surface area contributed by atoms with Crippen LogP contribution in [0.2, 0.25) is 0 Å². The first-order chi connectivity index (χ1) is 8.85. The Morgan fingerprint density at radius 3 is 2.58 bits per heavy atom. The van der Waals surface area contributed by atoms with E-state index in [2.05, 4.69) is 9.68 Å². The highest BCUT2D eigenvalue weighted by molar-refractivity contribution is 7.92. The first kappa shape index (κ1) is 13.7. The Labute approximate surface area is 112 Å². The van der Waals surface area contributed by atoms with Crippen molar-refractivity contribution in [2.45, 2.75) is 19.3 Å². The molecule has 0 atom stereocenters. The average molecular weight is 280 g/mol. The highest BCUT2D eigenvalue weighted by Crippen LogP contribution is 2.24. The Morgan fingerprint density at radius 1 is 1.21 bits per heavy atom. The molecule has 0 aliphatic heterocycles. The lowest BCUT2D eigenvalue weighted by Gasteiger charge is -2.05. The fourth-order valence-corrected chi connectivity index (χ4v) is 2.56. The summed E-state index contributed by atoms with van der Waals surface area (Å²) in [7, 11) is -2.61. The summed E-state index contributed by atoms with van der Waals surface area (Å²) in [5.74, 6) is -1.86. The molecule has 0 spiro atoms. The lowest BCUT2D eigenvalue weighted by atomic mass is 10.1. The van der Waals surface area contributed by atoms with Crippen molar-refractivity contribution in [3.63, 3.8) is 0 Å². The summed E-state index contributed by atoms with van der Waals surface area (Å²) in [4.78, 5) is 23.0. The van der Waals surface area contributed by atoms with Crippen LogP contribution in [-0.2, 0) is 32.2 Å². The topological polar surface area (TPSA) is 75.6 Å². The zero-order valence-corrected chi connectivity index (χ0v) is 11.8. The summed E-state index contributed by atoms with van der Waals surface area (Å²) in [5, 5.41) is 2.49. The van der Waals surface area contributed by atoms with Crippen molar-refractivity contribution in [3.8, 4) is 0 Å². The molecule has 0 bridgehead atoms. The van der Waals surface area contributed by atoms with E-state index in [1.165, 1.54) is 23.6 Å². The molecule has 0 aromatic heterocycles. The van der Waals surface area contributed by atoms with E-state index in [1.807, 2.05) is 12.1 Å². The van der Waals surface area contributed by atoms with Crippen LogP contribution in [-0.4, -0.2) is 28.5 Å². The summed E-state index contributed by atoms with van der Waals surface area (Å²) in [6, 6.07) is 5.61. The van der Waals surface area contributed by atoms with E-state index in [1.54, 1.807) is 6.07 Å². The first-order valence-electron chi connectivity index (χ1n) is 5.99. The molecule has 1 aliphatic carbocycles. The van der Waals surface area contributed by atoms with Crippen LogP contribution in [0.3, 0.4) is 0 Å². The zero-order chi connectivity index (χ0) is 14.0. The van der Waals surface area contributed by atoms with Gasteiger partial charge in [0.1, 0.15) is 0 Å². The Kier molecular flexibility index (Phi) is 3.71. The molecule has 1 N–H and O–H groups in total. The van der Waals surface area contributed by atoms with E-state index in [4.69, 9.17) is 0 Å². The molecule has 6 heteroatoms. The molecule has 2 rings (SSSR count). The third-order valence-corrected chi connectivity index (χ3v) is 3.46. The summed E-state index contributed by atoms with van der Waals surface area (Å²) in [6.07, 6.45) is 5.80. The van der Waals surface area contributed by atoms with E-state index < -0.39 is 21.5 Å². The number of nitrogens with one attached hydrogen (secondary N) is 1. The van der Waals surface area contributed by atoms with E-state index in [-0.39, 0.29) is 0 Å². The average Bonchev–Trinajstić information content (AvgIpc) is 2.73. The molecular weight excluding hydrogens is 264 g/mol. The van der Waals surface area contributed by atoms with Gasteiger partial charge in [-0.2, -0.15) is 4.36 Å². The van der Waals surface area contributed by atoms with Crippen LogP contribution < -0.4 is 5.32 Å². The summed E-state index contributed by atoms with van der Waals surface area (Å²) < 4.78 is 14.7. The molecule has 0 fully saturated rings. The van der Waals surface area contributed by atoms with Gasteiger partial charge in [0, 0.05) is 27.9 Å². The van der Waals surface area contributed by atoms with Gasteiger partial charge in [-0.1, -0.05) is 6.07 Å². The minimum Gasteiger partial charge on any atom is -0.318 e. The van der Waals surface area contributed by atoms with Gasteiger partial charge in [0.15, 0.2) is 0 Å². The van der Waals surface area contributed by atoms with Gasteiger partial charge in [0.25, 0.3) is 0 Å². The van der Waals surface area contributed by atoms with E-state index in [0.29, 0.717) is 5.69 Å². The summed E-state index contributed by atoms with van der Waals surface area (Å²) >= 11 is 0. The standard InChI is InChI=1S/C13H16N2O3S/c1-19(2,18)15-13(17)12(16)14-11-7-6-9-4-3-5-10(9)8-11/h6-8H,3-5H2,1-2H3,(H,14,16). The number of carbonyl (C=O) groups is 2. The SMILES string of the molecule is CS(C)(=O)=NC(=O)C(=O)Nc1ccc2c(c1)CCC2. The Balaban J connectivity index is 2.12. The lowest BCUT2D eigenvalue weighted by molar-refractivity contribution is -0.133. The summed E-state index contributed by atoms with van der Waals surface area (Å²) in [6.45, 7) is 0. The second-order valence-electron chi connectivity index (χ2n) is 4.87. The maximum Gasteiger partial charge on any atom is 0.343 e. The van der Waals surface area contributed by atoms with Gasteiger partial charge < -0.3 is 5.32 Å². The predicted molar refractivity (Wildman–Crippen MR) is 74.5 cm³/mol. The van der Waals surface area contributed by atoms with E-state index >= 15 is 0 Å². The first-order valence-corrected chi connectivity index (χ1v) is 8.32. The molecule has 0 radical (unpaired) electrons. The molecule has 0 unspecified atom stereocenters. The van der Waals surface area contributed by atoms with Crippen molar-refractivity contribution >= 4 is 27.2 Å². The van der Waals surface area contributed by atoms with Gasteiger partial charge in [-0.15, -0.1) is 0 Å². The van der Waals surface area contributed by atoms with Crippen molar-refractivity contribution < 1.29 is 13.8 Å².